The zero-order chi connectivity index (χ0) is 14.9. The molecule has 20 heavy (non-hydrogen) atoms. The Labute approximate surface area is 129 Å². The van der Waals surface area contributed by atoms with Gasteiger partial charge in [-0.05, 0) is 18.2 Å². The Kier molecular flexibility index (Phi) is 4.29. The molecule has 0 fully saturated rings. The summed E-state index contributed by atoms with van der Waals surface area (Å²) in [5.41, 5.74) is -0.726. The minimum atomic E-state index is -3.98. The van der Waals surface area contributed by atoms with Crippen molar-refractivity contribution in [3.63, 3.8) is 0 Å². The summed E-state index contributed by atoms with van der Waals surface area (Å²) < 4.78 is 26.4. The summed E-state index contributed by atoms with van der Waals surface area (Å²) in [5.74, 6) is 0. The molecule has 0 unspecified atom stereocenters. The molecule has 0 aliphatic carbocycles. The van der Waals surface area contributed by atoms with Crippen LogP contribution < -0.4 is 10.2 Å². The largest absolute Gasteiger partial charge is 0.350 e. The Balaban J connectivity index is 2.43. The van der Waals surface area contributed by atoms with E-state index in [9.17, 15) is 13.2 Å². The first-order chi connectivity index (χ1) is 9.28. The van der Waals surface area contributed by atoms with Crippen molar-refractivity contribution in [2.45, 2.75) is 4.90 Å². The van der Waals surface area contributed by atoms with Crippen molar-refractivity contribution < 1.29 is 8.42 Å². The topological polar surface area (TPSA) is 79.0 Å². The molecule has 0 spiro atoms. The van der Waals surface area contributed by atoms with E-state index in [4.69, 9.17) is 34.8 Å². The lowest BCUT2D eigenvalue weighted by molar-refractivity contribution is 0.601. The summed E-state index contributed by atoms with van der Waals surface area (Å²) in [4.78, 5) is 14.0. The van der Waals surface area contributed by atoms with E-state index in [1.54, 1.807) is 0 Å². The van der Waals surface area contributed by atoms with Crippen molar-refractivity contribution in [3.05, 3.63) is 55.9 Å². The van der Waals surface area contributed by atoms with Crippen LogP contribution in [0.3, 0.4) is 0 Å². The van der Waals surface area contributed by atoms with Gasteiger partial charge in [-0.25, -0.2) is 8.42 Å². The van der Waals surface area contributed by atoms with Gasteiger partial charge in [-0.15, -0.1) is 0 Å². The van der Waals surface area contributed by atoms with Crippen LogP contribution in [0, 0.1) is 0 Å². The lowest BCUT2D eigenvalue weighted by atomic mass is 10.4. The second kappa shape index (κ2) is 5.65. The van der Waals surface area contributed by atoms with Gasteiger partial charge < -0.3 is 4.98 Å². The van der Waals surface area contributed by atoms with Crippen LogP contribution in [0.2, 0.25) is 15.2 Å². The fourth-order valence-corrected chi connectivity index (χ4v) is 3.35. The van der Waals surface area contributed by atoms with Crippen molar-refractivity contribution in [2.75, 3.05) is 4.72 Å². The highest BCUT2D eigenvalue weighted by atomic mass is 35.5. The SMILES string of the molecule is O=c1cc(Cl)[nH]cc1NS(=O)(=O)c1cc(Cl)cc(Cl)c1. The minimum absolute atomic E-state index is 0.101. The molecule has 0 bridgehead atoms. The van der Waals surface area contributed by atoms with Gasteiger partial charge >= 0.3 is 0 Å². The first-order valence-electron chi connectivity index (χ1n) is 5.15. The highest BCUT2D eigenvalue weighted by Crippen LogP contribution is 2.23. The maximum atomic E-state index is 12.1. The smallest absolute Gasteiger partial charge is 0.262 e. The van der Waals surface area contributed by atoms with E-state index in [0.717, 1.165) is 12.3 Å². The number of anilines is 1. The second-order valence-corrected chi connectivity index (χ2v) is 6.73. The van der Waals surface area contributed by atoms with Crippen LogP contribution in [0.15, 0.2) is 40.2 Å². The normalized spacial score (nSPS) is 11.3. The molecule has 2 rings (SSSR count). The highest BCUT2D eigenvalue weighted by molar-refractivity contribution is 7.92. The highest BCUT2D eigenvalue weighted by Gasteiger charge is 2.17. The Morgan fingerprint density at radius 1 is 1.00 bits per heavy atom. The number of benzene rings is 1. The predicted molar refractivity (Wildman–Crippen MR) is 79.3 cm³/mol. The summed E-state index contributed by atoms with van der Waals surface area (Å²) in [6, 6.07) is 4.90. The zero-order valence-corrected chi connectivity index (χ0v) is 12.7. The molecule has 106 valence electrons. The van der Waals surface area contributed by atoms with Gasteiger partial charge in [-0.3, -0.25) is 9.52 Å². The monoisotopic (exact) mass is 352 g/mol. The van der Waals surface area contributed by atoms with Gasteiger partial charge in [0.15, 0.2) is 0 Å². The fourth-order valence-electron chi connectivity index (χ4n) is 1.41. The second-order valence-electron chi connectivity index (χ2n) is 3.77. The van der Waals surface area contributed by atoms with Gasteiger partial charge in [0, 0.05) is 22.3 Å². The molecule has 0 radical (unpaired) electrons. The summed E-state index contributed by atoms with van der Waals surface area (Å²) in [6.07, 6.45) is 1.16. The molecule has 0 atom stereocenters. The van der Waals surface area contributed by atoms with Crippen LogP contribution in [-0.2, 0) is 10.0 Å². The van der Waals surface area contributed by atoms with Crippen molar-refractivity contribution in [1.82, 2.24) is 4.98 Å². The molecule has 1 aromatic heterocycles. The van der Waals surface area contributed by atoms with E-state index in [0.29, 0.717) is 0 Å². The van der Waals surface area contributed by atoms with Gasteiger partial charge in [0.1, 0.15) is 10.8 Å². The van der Waals surface area contributed by atoms with E-state index in [1.165, 1.54) is 18.2 Å². The van der Waals surface area contributed by atoms with Gasteiger partial charge in [-0.2, -0.15) is 0 Å². The summed E-state index contributed by atoms with van der Waals surface area (Å²) in [5, 5.41) is 0.439. The predicted octanol–water partition coefficient (Wildman–Crippen LogP) is 3.14. The van der Waals surface area contributed by atoms with Crippen LogP contribution in [0.5, 0.6) is 0 Å². The van der Waals surface area contributed by atoms with E-state index < -0.39 is 15.5 Å². The maximum absolute atomic E-state index is 12.1. The summed E-state index contributed by atoms with van der Waals surface area (Å²) in [7, 11) is -3.98. The number of sulfonamides is 1. The lowest BCUT2D eigenvalue weighted by Gasteiger charge is -2.08. The van der Waals surface area contributed by atoms with Gasteiger partial charge in [0.2, 0.25) is 5.43 Å². The number of hydrogen-bond donors (Lipinski definition) is 2. The zero-order valence-electron chi connectivity index (χ0n) is 9.65. The quantitative estimate of drug-likeness (QED) is 0.832. The number of nitrogens with one attached hydrogen (secondary N) is 2. The Morgan fingerprint density at radius 2 is 1.60 bits per heavy atom. The van der Waals surface area contributed by atoms with E-state index >= 15 is 0 Å². The number of aromatic nitrogens is 1. The third-order valence-electron chi connectivity index (χ3n) is 2.27. The lowest BCUT2D eigenvalue weighted by Crippen LogP contribution is -2.18. The average molecular weight is 354 g/mol. The molecular formula is C11H7Cl3N2O3S. The average Bonchev–Trinajstić information content (AvgIpc) is 2.31. The number of H-pyrrole nitrogens is 1. The molecule has 2 N–H and O–H groups in total. The number of aromatic amines is 1. The molecule has 0 aliphatic rings. The number of rotatable bonds is 3. The van der Waals surface area contributed by atoms with Crippen molar-refractivity contribution in [1.29, 1.82) is 0 Å². The van der Waals surface area contributed by atoms with Gasteiger partial charge in [-0.1, -0.05) is 34.8 Å². The first kappa shape index (κ1) is 15.2. The van der Waals surface area contributed by atoms with E-state index in [-0.39, 0.29) is 25.8 Å². The first-order valence-corrected chi connectivity index (χ1v) is 7.77. The molecule has 0 saturated carbocycles. The third-order valence-corrected chi connectivity index (χ3v) is 4.27. The van der Waals surface area contributed by atoms with E-state index in [1.807, 2.05) is 0 Å². The van der Waals surface area contributed by atoms with Gasteiger partial charge in [0.25, 0.3) is 10.0 Å². The molecule has 5 nitrogen and oxygen atoms in total. The fraction of sp³-hybridized carbons (Fsp3) is 0. The number of halogens is 3. The molecular weight excluding hydrogens is 347 g/mol. The molecule has 0 amide bonds. The minimum Gasteiger partial charge on any atom is -0.350 e. The molecule has 0 saturated heterocycles. The van der Waals surface area contributed by atoms with Crippen molar-refractivity contribution in [3.8, 4) is 0 Å². The van der Waals surface area contributed by atoms with Crippen LogP contribution in [0.25, 0.3) is 0 Å². The molecule has 9 heteroatoms. The standard InChI is InChI=1S/C11H7Cl3N2O3S/c12-6-1-7(13)3-8(2-6)20(18,19)16-9-5-15-11(14)4-10(9)17/h1-5,16H,(H,15,17). The van der Waals surface area contributed by atoms with E-state index in [2.05, 4.69) is 9.71 Å². The van der Waals surface area contributed by atoms with Crippen LogP contribution in [-0.4, -0.2) is 13.4 Å². The Morgan fingerprint density at radius 3 is 2.15 bits per heavy atom. The molecule has 2 aromatic rings. The van der Waals surface area contributed by atoms with Crippen LogP contribution >= 0.6 is 34.8 Å². The van der Waals surface area contributed by atoms with Crippen LogP contribution in [0.4, 0.5) is 5.69 Å². The summed E-state index contributed by atoms with van der Waals surface area (Å²) >= 11 is 17.1. The molecule has 0 aliphatic heterocycles. The van der Waals surface area contributed by atoms with Crippen molar-refractivity contribution >= 4 is 50.5 Å². The van der Waals surface area contributed by atoms with Crippen LogP contribution in [0.1, 0.15) is 0 Å². The molecule has 1 aromatic carbocycles. The Hall–Kier alpha value is -1.21. The summed E-state index contributed by atoms with van der Waals surface area (Å²) in [6.45, 7) is 0. The van der Waals surface area contributed by atoms with Gasteiger partial charge in [0.05, 0.1) is 4.90 Å². The molecule has 1 heterocycles. The third kappa shape index (κ3) is 3.46. The Bertz CT molecular complexity index is 798. The number of hydrogen-bond acceptors (Lipinski definition) is 3. The van der Waals surface area contributed by atoms with Crippen molar-refractivity contribution in [2.24, 2.45) is 0 Å². The number of pyridine rings is 1. The maximum Gasteiger partial charge on any atom is 0.262 e.